The molecule has 1 heterocycles. The third-order valence-corrected chi connectivity index (χ3v) is 7.11. The fourth-order valence-corrected chi connectivity index (χ4v) is 5.51. The molecule has 5 heteroatoms. The van der Waals surface area contributed by atoms with Gasteiger partial charge in [0.15, 0.2) is 0 Å². The van der Waals surface area contributed by atoms with Crippen molar-refractivity contribution in [3.63, 3.8) is 0 Å². The highest BCUT2D eigenvalue weighted by Gasteiger charge is 2.43. The van der Waals surface area contributed by atoms with Crippen LogP contribution in [0.2, 0.25) is 0 Å². The van der Waals surface area contributed by atoms with E-state index in [0.717, 1.165) is 23.2 Å². The number of anilines is 1. The zero-order chi connectivity index (χ0) is 23.9. The summed E-state index contributed by atoms with van der Waals surface area (Å²) >= 11 is 0. The lowest BCUT2D eigenvalue weighted by molar-refractivity contribution is 0.0694. The number of carboxylic acids is 1. The van der Waals surface area contributed by atoms with Gasteiger partial charge in [0.2, 0.25) is 0 Å². The Balaban J connectivity index is 1.33. The molecule has 172 valence electrons. The van der Waals surface area contributed by atoms with Gasteiger partial charge in [-0.15, -0.1) is 0 Å². The number of nitrogens with one attached hydrogen (secondary N) is 1. The summed E-state index contributed by atoms with van der Waals surface area (Å²) in [5.41, 5.74) is 6.46. The Morgan fingerprint density at radius 1 is 0.800 bits per heavy atom. The Hall–Kier alpha value is -4.38. The third-order valence-electron chi connectivity index (χ3n) is 7.11. The number of esters is 1. The van der Waals surface area contributed by atoms with Crippen LogP contribution in [0.25, 0.3) is 0 Å². The second kappa shape index (κ2) is 8.44. The highest BCUT2D eigenvalue weighted by molar-refractivity contribution is 5.91. The van der Waals surface area contributed by atoms with Crippen molar-refractivity contribution in [1.82, 2.24) is 0 Å². The van der Waals surface area contributed by atoms with Crippen LogP contribution >= 0.6 is 0 Å². The lowest BCUT2D eigenvalue weighted by atomic mass is 9.75. The SMILES string of the molecule is O=C(O)c1ccc2c(c1)[C@@H]1c3ccccc3C[C@H]1[C@@H](c1ccc(OC(=O)c3ccccc3)cc1)N2. The first kappa shape index (κ1) is 21.2. The maximum absolute atomic E-state index is 12.4. The molecule has 0 radical (unpaired) electrons. The van der Waals surface area contributed by atoms with Crippen molar-refractivity contribution >= 4 is 17.6 Å². The lowest BCUT2D eigenvalue weighted by Crippen LogP contribution is -2.30. The van der Waals surface area contributed by atoms with Crippen LogP contribution in [0.5, 0.6) is 5.75 Å². The van der Waals surface area contributed by atoms with Crippen LogP contribution in [0.3, 0.4) is 0 Å². The molecule has 3 atom stereocenters. The van der Waals surface area contributed by atoms with Crippen molar-refractivity contribution in [2.24, 2.45) is 5.92 Å². The summed E-state index contributed by atoms with van der Waals surface area (Å²) in [5, 5.41) is 13.2. The minimum Gasteiger partial charge on any atom is -0.478 e. The molecule has 0 saturated heterocycles. The van der Waals surface area contributed by atoms with Crippen molar-refractivity contribution in [3.05, 3.63) is 130 Å². The minimum atomic E-state index is -0.918. The maximum atomic E-state index is 12.4. The van der Waals surface area contributed by atoms with Crippen LogP contribution in [0.15, 0.2) is 97.1 Å². The molecule has 0 saturated carbocycles. The Kier molecular flexibility index (Phi) is 5.10. The molecular formula is C30H23NO4. The number of ether oxygens (including phenoxy) is 1. The van der Waals surface area contributed by atoms with Gasteiger partial charge in [0.1, 0.15) is 5.75 Å². The number of hydrogen-bond donors (Lipinski definition) is 2. The molecular weight excluding hydrogens is 438 g/mol. The van der Waals surface area contributed by atoms with E-state index in [9.17, 15) is 14.7 Å². The summed E-state index contributed by atoms with van der Waals surface area (Å²) < 4.78 is 5.56. The highest BCUT2D eigenvalue weighted by Crippen LogP contribution is 2.54. The van der Waals surface area contributed by atoms with Gasteiger partial charge in [-0.2, -0.15) is 0 Å². The second-order valence-corrected chi connectivity index (χ2v) is 9.10. The normalized spacial score (nSPS) is 19.6. The smallest absolute Gasteiger partial charge is 0.343 e. The van der Waals surface area contributed by atoms with E-state index in [0.29, 0.717) is 16.9 Å². The molecule has 0 spiro atoms. The van der Waals surface area contributed by atoms with Crippen LogP contribution in [0.1, 0.15) is 54.9 Å². The van der Waals surface area contributed by atoms with Gasteiger partial charge >= 0.3 is 11.9 Å². The van der Waals surface area contributed by atoms with Gasteiger partial charge in [-0.3, -0.25) is 0 Å². The Bertz CT molecular complexity index is 1430. The summed E-state index contributed by atoms with van der Waals surface area (Å²) in [6, 6.07) is 30.4. The van der Waals surface area contributed by atoms with Gasteiger partial charge in [0, 0.05) is 11.6 Å². The fraction of sp³-hybridized carbons (Fsp3) is 0.133. The predicted octanol–water partition coefficient (Wildman–Crippen LogP) is 6.08. The monoisotopic (exact) mass is 461 g/mol. The van der Waals surface area contributed by atoms with Gasteiger partial charge in [0.25, 0.3) is 0 Å². The molecule has 35 heavy (non-hydrogen) atoms. The third kappa shape index (κ3) is 3.75. The molecule has 6 rings (SSSR count). The van der Waals surface area contributed by atoms with Crippen LogP contribution in [-0.2, 0) is 6.42 Å². The summed E-state index contributed by atoms with van der Waals surface area (Å²) in [6.07, 6.45) is 0.903. The standard InChI is InChI=1S/C30H23NO4/c32-29(33)21-12-15-26-24(17-21)27-23-9-5-4-8-20(23)16-25(27)28(31-26)18-10-13-22(14-11-18)35-30(34)19-6-2-1-3-7-19/h1-15,17,25,27-28,31H,16H2,(H,32,33)/t25-,27+,28-/m1/s1. The van der Waals surface area contributed by atoms with Crippen molar-refractivity contribution < 1.29 is 19.4 Å². The van der Waals surface area contributed by atoms with E-state index >= 15 is 0 Å². The zero-order valence-corrected chi connectivity index (χ0v) is 18.8. The Labute approximate surface area is 203 Å². The van der Waals surface area contributed by atoms with Crippen molar-refractivity contribution in [3.8, 4) is 5.75 Å². The second-order valence-electron chi connectivity index (χ2n) is 9.10. The van der Waals surface area contributed by atoms with Gasteiger partial charge in [-0.25, -0.2) is 9.59 Å². The topological polar surface area (TPSA) is 75.6 Å². The van der Waals surface area contributed by atoms with Crippen LogP contribution in [0.4, 0.5) is 5.69 Å². The largest absolute Gasteiger partial charge is 0.478 e. The first-order valence-electron chi connectivity index (χ1n) is 11.7. The molecule has 0 amide bonds. The summed E-state index contributed by atoms with van der Waals surface area (Å²) in [7, 11) is 0. The van der Waals surface area contributed by atoms with E-state index in [2.05, 4.69) is 29.6 Å². The molecule has 1 aliphatic carbocycles. The number of aromatic carboxylic acids is 1. The van der Waals surface area contributed by atoms with Crippen LogP contribution in [-0.4, -0.2) is 17.0 Å². The van der Waals surface area contributed by atoms with E-state index in [1.54, 1.807) is 18.2 Å². The number of carboxylic acid groups (broad SMARTS) is 1. The summed E-state index contributed by atoms with van der Waals surface area (Å²) in [5.74, 6) is -0.456. The average Bonchev–Trinajstić information content (AvgIpc) is 3.29. The van der Waals surface area contributed by atoms with E-state index in [1.807, 2.05) is 54.6 Å². The first-order chi connectivity index (χ1) is 17.1. The minimum absolute atomic E-state index is 0.0365. The van der Waals surface area contributed by atoms with Gasteiger partial charge in [-0.05, 0) is 77.1 Å². The molecule has 2 N–H and O–H groups in total. The number of carbonyl (C=O) groups excluding carboxylic acids is 1. The predicted molar refractivity (Wildman–Crippen MR) is 133 cm³/mol. The van der Waals surface area contributed by atoms with Gasteiger partial charge < -0.3 is 15.2 Å². The molecule has 1 aliphatic heterocycles. The fourth-order valence-electron chi connectivity index (χ4n) is 5.51. The molecule has 5 nitrogen and oxygen atoms in total. The molecule has 4 aromatic rings. The number of rotatable bonds is 4. The lowest BCUT2D eigenvalue weighted by Gasteiger charge is -2.38. The number of hydrogen-bond acceptors (Lipinski definition) is 4. The molecule has 0 unspecified atom stereocenters. The van der Waals surface area contributed by atoms with E-state index in [4.69, 9.17) is 4.74 Å². The number of fused-ring (bicyclic) bond motifs is 5. The van der Waals surface area contributed by atoms with Crippen molar-refractivity contribution in [2.75, 3.05) is 5.32 Å². The molecule has 0 fully saturated rings. The summed E-state index contributed by atoms with van der Waals surface area (Å²) in [4.78, 5) is 24.1. The molecule has 0 bridgehead atoms. The van der Waals surface area contributed by atoms with E-state index < -0.39 is 5.97 Å². The summed E-state index contributed by atoms with van der Waals surface area (Å²) in [6.45, 7) is 0. The molecule has 4 aromatic carbocycles. The molecule has 2 aliphatic rings. The Morgan fingerprint density at radius 3 is 2.31 bits per heavy atom. The van der Waals surface area contributed by atoms with Crippen LogP contribution in [0, 0.1) is 5.92 Å². The van der Waals surface area contributed by atoms with Crippen molar-refractivity contribution in [1.29, 1.82) is 0 Å². The van der Waals surface area contributed by atoms with Gasteiger partial charge in [-0.1, -0.05) is 54.6 Å². The van der Waals surface area contributed by atoms with Crippen molar-refractivity contribution in [2.45, 2.75) is 18.4 Å². The average molecular weight is 462 g/mol. The number of benzene rings is 4. The van der Waals surface area contributed by atoms with E-state index in [1.165, 1.54) is 11.1 Å². The highest BCUT2D eigenvalue weighted by atomic mass is 16.5. The quantitative estimate of drug-likeness (QED) is 0.285. The van der Waals surface area contributed by atoms with Crippen LogP contribution < -0.4 is 10.1 Å². The van der Waals surface area contributed by atoms with E-state index in [-0.39, 0.29) is 23.8 Å². The van der Waals surface area contributed by atoms with Gasteiger partial charge in [0.05, 0.1) is 17.2 Å². The number of carbonyl (C=O) groups is 2. The first-order valence-corrected chi connectivity index (χ1v) is 11.7. The molecule has 0 aromatic heterocycles. The Morgan fingerprint density at radius 2 is 1.54 bits per heavy atom. The maximum Gasteiger partial charge on any atom is 0.343 e. The zero-order valence-electron chi connectivity index (χ0n) is 18.8.